The van der Waals surface area contributed by atoms with E-state index in [4.69, 9.17) is 52.5 Å². The fourth-order valence-corrected chi connectivity index (χ4v) is 4.07. The predicted octanol–water partition coefficient (Wildman–Crippen LogP) is 1.79. The van der Waals surface area contributed by atoms with Crippen LogP contribution in [0, 0.1) is 0 Å². The van der Waals surface area contributed by atoms with Crippen molar-refractivity contribution < 1.29 is 157 Å². The van der Waals surface area contributed by atoms with Crippen LogP contribution in [-0.2, 0) is 64.7 Å². The zero-order valence-corrected chi connectivity index (χ0v) is 36.2. The molecule has 0 radical (unpaired) electrons. The number of hydrogen-bond donors (Lipinski definition) is 1. The first-order chi connectivity index (χ1) is 28.4. The molecule has 62 heavy (non-hydrogen) atoms. The predicted molar refractivity (Wildman–Crippen MR) is 178 cm³/mol. The zero-order chi connectivity index (χ0) is 46.7. The van der Waals surface area contributed by atoms with Gasteiger partial charge in [0, 0.05) is 0 Å². The Morgan fingerprint density at radius 2 is 0.452 bits per heavy atom. The van der Waals surface area contributed by atoms with E-state index in [9.17, 15) is 70.2 Å². The molecule has 0 saturated carbocycles. The van der Waals surface area contributed by atoms with Crippen LogP contribution in [0.3, 0.4) is 0 Å². The summed E-state index contributed by atoms with van der Waals surface area (Å²) < 4.78 is 275. The number of halogens is 16. The average Bonchev–Trinajstić information content (AvgIpc) is 3.19. The first-order valence-corrected chi connectivity index (χ1v) is 18.5. The van der Waals surface area contributed by atoms with Crippen LogP contribution < -0.4 is 29.6 Å². The average molecular weight is 985 g/mol. The van der Waals surface area contributed by atoms with Crippen molar-refractivity contribution in [1.82, 2.24) is 0 Å². The standard InChI is InChI=1S/C32H50F16O12S.Na/c33-25(34,27(37,38)29(41,42)31(45,46)32(47,48)30(43,44)28(39,40)26(35,36)24-61)23-60-22-21-59-20-19-58-18-17-57-16-15-56-14-13-55-12-11-54-10-9-53-8-7-52-6-5-51-4-3-50-2-1-49;/h49,61H,1-24H2;/q;+1/p-1. The topological polar surface area (TPSA) is 122 Å². The summed E-state index contributed by atoms with van der Waals surface area (Å²) in [5.41, 5.74) is 0. The van der Waals surface area contributed by atoms with Crippen LogP contribution in [0.15, 0.2) is 0 Å². The van der Waals surface area contributed by atoms with E-state index in [0.29, 0.717) is 66.1 Å². The van der Waals surface area contributed by atoms with Crippen LogP contribution in [0.4, 0.5) is 70.2 Å². The number of ether oxygens (including phenoxy) is 11. The number of rotatable bonds is 42. The van der Waals surface area contributed by atoms with Crippen molar-refractivity contribution in [2.24, 2.45) is 0 Å². The van der Waals surface area contributed by atoms with Crippen molar-refractivity contribution in [2.45, 2.75) is 47.4 Å². The van der Waals surface area contributed by atoms with Crippen LogP contribution in [0.25, 0.3) is 0 Å². The third-order valence-electron chi connectivity index (χ3n) is 7.31. The zero-order valence-electron chi connectivity index (χ0n) is 33.4. The monoisotopic (exact) mass is 984 g/mol. The minimum atomic E-state index is -8.50. The Hall–Kier alpha value is -0.250. The minimum absolute atomic E-state index is 0. The van der Waals surface area contributed by atoms with E-state index in [0.717, 1.165) is 0 Å². The Kier molecular flexibility index (Phi) is 32.6. The molecule has 0 atom stereocenters. The molecule has 0 bridgehead atoms. The van der Waals surface area contributed by atoms with Gasteiger partial charge in [0.25, 0.3) is 5.92 Å². The van der Waals surface area contributed by atoms with E-state index in [-0.39, 0.29) is 95.6 Å². The smallest absolute Gasteiger partial charge is 0.787 e. The molecule has 0 aromatic rings. The summed E-state index contributed by atoms with van der Waals surface area (Å²) in [5, 5.41) is 8.56. The van der Waals surface area contributed by atoms with E-state index in [1.54, 1.807) is 0 Å². The van der Waals surface area contributed by atoms with Crippen molar-refractivity contribution in [1.29, 1.82) is 0 Å². The van der Waals surface area contributed by atoms with E-state index < -0.39 is 73.0 Å². The molecule has 0 aromatic heterocycles. The first kappa shape index (κ1) is 63.8. The maximum Gasteiger partial charge on any atom is 1.00 e. The molecule has 0 aliphatic heterocycles. The van der Waals surface area contributed by atoms with Crippen molar-refractivity contribution in [3.05, 3.63) is 0 Å². The molecule has 0 spiro atoms. The van der Waals surface area contributed by atoms with Crippen LogP contribution >= 0.6 is 0 Å². The SMILES string of the molecule is OCCOCCOCCOCCOCCOCCOCCOCCOCCOCCOCCOCC(F)(F)C(F)(F)C(F)(F)C(F)(F)C(F)(F)C(F)(F)C(F)(F)C(F)(F)C[S-].[Na+]. The van der Waals surface area contributed by atoms with Crippen LogP contribution in [0.2, 0.25) is 0 Å². The second-order valence-electron chi connectivity index (χ2n) is 11.9. The fraction of sp³-hybridized carbons (Fsp3) is 1.00. The van der Waals surface area contributed by atoms with E-state index in [1.165, 1.54) is 0 Å². The van der Waals surface area contributed by atoms with Crippen molar-refractivity contribution >= 4 is 12.6 Å². The normalized spacial score (nSPS) is 13.8. The quantitative estimate of drug-likeness (QED) is 0.0415. The molecule has 30 heteroatoms. The number of aliphatic hydroxyl groups excluding tert-OH is 1. The number of hydrogen-bond acceptors (Lipinski definition) is 13. The molecular formula is C32H49F16NaO12S. The molecule has 0 aliphatic rings. The Bertz CT molecular complexity index is 1130. The van der Waals surface area contributed by atoms with Gasteiger partial charge in [-0.15, -0.1) is 5.75 Å². The fourth-order valence-electron chi connectivity index (χ4n) is 3.89. The van der Waals surface area contributed by atoms with Gasteiger partial charge in [-0.25, -0.2) is 8.78 Å². The van der Waals surface area contributed by atoms with Crippen LogP contribution in [-0.4, -0.2) is 210 Å². The Morgan fingerprint density at radius 1 is 0.274 bits per heavy atom. The molecule has 1 N–H and O–H groups in total. The molecule has 0 amide bonds. The maximum atomic E-state index is 13.9. The van der Waals surface area contributed by atoms with E-state index in [2.05, 4.69) is 17.4 Å². The molecule has 0 saturated heterocycles. The van der Waals surface area contributed by atoms with Crippen LogP contribution in [0.1, 0.15) is 0 Å². The van der Waals surface area contributed by atoms with Crippen molar-refractivity contribution in [2.75, 3.05) is 158 Å². The van der Waals surface area contributed by atoms with Gasteiger partial charge in [0.2, 0.25) is 0 Å². The summed E-state index contributed by atoms with van der Waals surface area (Å²) in [4.78, 5) is 0. The van der Waals surface area contributed by atoms with Gasteiger partial charge in [-0.1, -0.05) is 0 Å². The molecule has 0 fully saturated rings. The van der Waals surface area contributed by atoms with Gasteiger partial charge in [0.05, 0.1) is 145 Å². The first-order valence-electron chi connectivity index (χ1n) is 17.9. The Morgan fingerprint density at radius 3 is 0.661 bits per heavy atom. The second kappa shape index (κ2) is 31.7. The van der Waals surface area contributed by atoms with Gasteiger partial charge in [0.1, 0.15) is 6.61 Å². The van der Waals surface area contributed by atoms with Gasteiger partial charge in [-0.3, -0.25) is 0 Å². The van der Waals surface area contributed by atoms with Gasteiger partial charge in [0.15, 0.2) is 0 Å². The summed E-state index contributed by atoms with van der Waals surface area (Å²) in [7, 11) is 0. The third-order valence-corrected chi connectivity index (χ3v) is 7.67. The molecular weight excluding hydrogens is 935 g/mol. The summed E-state index contributed by atoms with van der Waals surface area (Å²) in [6.45, 7) is -0.247. The Labute approximate surface area is 373 Å². The van der Waals surface area contributed by atoms with Gasteiger partial charge < -0.3 is 69.8 Å². The van der Waals surface area contributed by atoms with Crippen LogP contribution in [0.5, 0.6) is 0 Å². The summed E-state index contributed by atoms with van der Waals surface area (Å²) in [5.74, 6) is -64.8. The van der Waals surface area contributed by atoms with Gasteiger partial charge >= 0.3 is 71.0 Å². The number of aliphatic hydroxyl groups is 1. The maximum absolute atomic E-state index is 13.9. The second-order valence-corrected chi connectivity index (χ2v) is 12.2. The summed E-state index contributed by atoms with van der Waals surface area (Å²) >= 11 is 3.33. The van der Waals surface area contributed by atoms with Gasteiger partial charge in [-0.2, -0.15) is 61.5 Å². The number of alkyl halides is 16. The van der Waals surface area contributed by atoms with Crippen molar-refractivity contribution in [3.8, 4) is 0 Å². The molecule has 0 aliphatic carbocycles. The van der Waals surface area contributed by atoms with E-state index in [1.807, 2.05) is 0 Å². The molecule has 0 rings (SSSR count). The summed E-state index contributed by atoms with van der Waals surface area (Å²) in [6, 6.07) is 0. The third kappa shape index (κ3) is 19.9. The van der Waals surface area contributed by atoms with E-state index >= 15 is 0 Å². The minimum Gasteiger partial charge on any atom is -0.787 e. The molecule has 0 unspecified atom stereocenters. The molecule has 0 aromatic carbocycles. The van der Waals surface area contributed by atoms with Gasteiger partial charge in [-0.05, 0) is 0 Å². The molecule has 12 nitrogen and oxygen atoms in total. The largest absolute Gasteiger partial charge is 1.00 e. The molecule has 0 heterocycles. The molecule has 368 valence electrons. The van der Waals surface area contributed by atoms with Crippen molar-refractivity contribution in [3.63, 3.8) is 0 Å². The Balaban J connectivity index is 0. The summed E-state index contributed by atoms with van der Waals surface area (Å²) in [6.07, 6.45) is 0.